The van der Waals surface area contributed by atoms with Crippen LogP contribution in [-0.2, 0) is 0 Å². The van der Waals surface area contributed by atoms with Gasteiger partial charge >= 0.3 is 0 Å². The molecular formula is C19H33N7. The average molecular weight is 360 g/mol. The van der Waals surface area contributed by atoms with Crippen molar-refractivity contribution in [3.05, 3.63) is 18.5 Å². The van der Waals surface area contributed by atoms with Gasteiger partial charge in [-0.05, 0) is 24.3 Å². The molecule has 1 N–H and O–H groups in total. The molecule has 26 heavy (non-hydrogen) atoms. The zero-order valence-electron chi connectivity index (χ0n) is 16.4. The van der Waals surface area contributed by atoms with Gasteiger partial charge in [0, 0.05) is 71.8 Å². The van der Waals surface area contributed by atoms with E-state index in [4.69, 9.17) is 0 Å². The molecule has 0 radical (unpaired) electrons. The van der Waals surface area contributed by atoms with Crippen LogP contribution in [0.5, 0.6) is 0 Å². The molecule has 0 spiro atoms. The first-order valence-corrected chi connectivity index (χ1v) is 9.85. The highest BCUT2D eigenvalue weighted by molar-refractivity contribution is 5.80. The van der Waals surface area contributed by atoms with Gasteiger partial charge in [-0.1, -0.05) is 13.8 Å². The van der Waals surface area contributed by atoms with Crippen LogP contribution in [0.15, 0.2) is 23.5 Å². The summed E-state index contributed by atoms with van der Waals surface area (Å²) in [5.41, 5.74) is 0. The second-order valence-corrected chi connectivity index (χ2v) is 7.70. The van der Waals surface area contributed by atoms with E-state index >= 15 is 0 Å². The van der Waals surface area contributed by atoms with Crippen LogP contribution in [0.25, 0.3) is 0 Å². The van der Waals surface area contributed by atoms with Crippen LogP contribution in [-0.4, -0.2) is 85.1 Å². The van der Waals surface area contributed by atoms with Crippen LogP contribution in [0, 0.1) is 11.8 Å². The summed E-state index contributed by atoms with van der Waals surface area (Å²) in [5, 5.41) is 3.57. The maximum Gasteiger partial charge on any atom is 0.225 e. The molecule has 2 fully saturated rings. The van der Waals surface area contributed by atoms with E-state index in [1.54, 1.807) is 0 Å². The van der Waals surface area contributed by atoms with Gasteiger partial charge < -0.3 is 15.1 Å². The lowest BCUT2D eigenvalue weighted by molar-refractivity contribution is 0.206. The lowest BCUT2D eigenvalue weighted by Crippen LogP contribution is -2.52. The molecule has 3 rings (SSSR count). The van der Waals surface area contributed by atoms with Gasteiger partial charge in [-0.15, -0.1) is 0 Å². The van der Waals surface area contributed by atoms with E-state index in [2.05, 4.69) is 48.8 Å². The highest BCUT2D eigenvalue weighted by Crippen LogP contribution is 2.20. The number of piperazine rings is 1. The minimum Gasteiger partial charge on any atom is -0.355 e. The number of nitrogens with zero attached hydrogens (tertiary/aromatic N) is 6. The third-order valence-corrected chi connectivity index (χ3v) is 5.30. The highest BCUT2D eigenvalue weighted by atomic mass is 15.3. The Morgan fingerprint density at radius 3 is 2.38 bits per heavy atom. The van der Waals surface area contributed by atoms with E-state index in [1.165, 1.54) is 6.42 Å². The number of rotatable bonds is 4. The zero-order chi connectivity index (χ0) is 18.4. The van der Waals surface area contributed by atoms with Crippen LogP contribution in [0.4, 0.5) is 5.95 Å². The number of anilines is 1. The van der Waals surface area contributed by atoms with Crippen LogP contribution in [0.3, 0.4) is 0 Å². The standard InChI is InChI=1S/C19H33N7/c1-16-13-17(2)15-26(14-16)18(20-3)23-7-8-24-9-11-25(12-10-24)19-21-5-4-6-22-19/h4-6,16-17H,7-15H2,1-3H3,(H,20,23). The summed E-state index contributed by atoms with van der Waals surface area (Å²) in [6, 6.07) is 1.86. The van der Waals surface area contributed by atoms with Gasteiger partial charge in [0.15, 0.2) is 5.96 Å². The number of piperidine rings is 1. The molecule has 2 aliphatic heterocycles. The normalized spacial score (nSPS) is 25.4. The Morgan fingerprint density at radius 2 is 1.77 bits per heavy atom. The Kier molecular flexibility index (Phi) is 6.66. The molecule has 144 valence electrons. The Hall–Kier alpha value is -1.89. The molecule has 2 saturated heterocycles. The van der Waals surface area contributed by atoms with Crippen molar-refractivity contribution in [1.82, 2.24) is 25.1 Å². The predicted molar refractivity (Wildman–Crippen MR) is 107 cm³/mol. The Morgan fingerprint density at radius 1 is 1.12 bits per heavy atom. The summed E-state index contributed by atoms with van der Waals surface area (Å²) < 4.78 is 0. The van der Waals surface area contributed by atoms with Gasteiger partial charge in [-0.2, -0.15) is 0 Å². The fraction of sp³-hybridized carbons (Fsp3) is 0.737. The fourth-order valence-electron chi connectivity index (χ4n) is 4.12. The zero-order valence-corrected chi connectivity index (χ0v) is 16.4. The first-order valence-electron chi connectivity index (χ1n) is 9.85. The largest absolute Gasteiger partial charge is 0.355 e. The molecule has 0 aliphatic carbocycles. The highest BCUT2D eigenvalue weighted by Gasteiger charge is 2.24. The maximum atomic E-state index is 4.50. The molecular weight excluding hydrogens is 326 g/mol. The number of likely N-dealkylation sites (tertiary alicyclic amines) is 1. The fourth-order valence-corrected chi connectivity index (χ4v) is 4.12. The lowest BCUT2D eigenvalue weighted by atomic mass is 9.92. The third-order valence-electron chi connectivity index (χ3n) is 5.30. The monoisotopic (exact) mass is 359 g/mol. The van der Waals surface area contributed by atoms with Crippen LogP contribution < -0.4 is 10.2 Å². The van der Waals surface area contributed by atoms with Crippen LogP contribution in [0.2, 0.25) is 0 Å². The van der Waals surface area contributed by atoms with E-state index in [1.807, 2.05) is 25.5 Å². The molecule has 0 saturated carbocycles. The van der Waals surface area contributed by atoms with Crippen molar-refractivity contribution in [3.8, 4) is 0 Å². The van der Waals surface area contributed by atoms with E-state index in [0.29, 0.717) is 0 Å². The van der Waals surface area contributed by atoms with Gasteiger partial charge in [0.25, 0.3) is 0 Å². The third kappa shape index (κ3) is 5.06. The summed E-state index contributed by atoms with van der Waals surface area (Å²) >= 11 is 0. The van der Waals surface area contributed by atoms with E-state index in [9.17, 15) is 0 Å². The average Bonchev–Trinajstić information content (AvgIpc) is 2.66. The molecule has 0 aromatic carbocycles. The van der Waals surface area contributed by atoms with E-state index in [-0.39, 0.29) is 0 Å². The molecule has 0 bridgehead atoms. The minimum atomic E-state index is 0.741. The molecule has 2 unspecified atom stereocenters. The van der Waals surface area contributed by atoms with E-state index in [0.717, 1.165) is 76.1 Å². The summed E-state index contributed by atoms with van der Waals surface area (Å²) in [7, 11) is 1.89. The molecule has 7 nitrogen and oxygen atoms in total. The van der Waals surface area contributed by atoms with Crippen LogP contribution >= 0.6 is 0 Å². The van der Waals surface area contributed by atoms with Crippen molar-refractivity contribution >= 4 is 11.9 Å². The number of nitrogens with one attached hydrogen (secondary N) is 1. The number of aliphatic imine (C=N–C) groups is 1. The van der Waals surface area contributed by atoms with Gasteiger partial charge in [-0.25, -0.2) is 9.97 Å². The molecule has 1 aromatic rings. The Balaban J connectivity index is 1.39. The first-order chi connectivity index (χ1) is 12.7. The van der Waals surface area contributed by atoms with Crippen molar-refractivity contribution in [2.75, 3.05) is 64.3 Å². The van der Waals surface area contributed by atoms with Gasteiger partial charge in [0.1, 0.15) is 0 Å². The molecule has 2 atom stereocenters. The Bertz CT molecular complexity index is 559. The second kappa shape index (κ2) is 9.16. The maximum absolute atomic E-state index is 4.50. The number of hydrogen-bond acceptors (Lipinski definition) is 5. The number of hydrogen-bond donors (Lipinski definition) is 1. The Labute approximate surface area is 157 Å². The first kappa shape index (κ1) is 18.9. The quantitative estimate of drug-likeness (QED) is 0.643. The molecule has 1 aromatic heterocycles. The predicted octanol–water partition coefficient (Wildman–Crippen LogP) is 1.15. The summed E-state index contributed by atoms with van der Waals surface area (Å²) in [5.74, 6) is 3.38. The smallest absolute Gasteiger partial charge is 0.225 e. The van der Waals surface area contributed by atoms with Gasteiger partial charge in [0.05, 0.1) is 0 Å². The molecule has 7 heteroatoms. The SMILES string of the molecule is CN=C(NCCN1CCN(c2ncccn2)CC1)N1CC(C)CC(C)C1. The van der Waals surface area contributed by atoms with Gasteiger partial charge in [-0.3, -0.25) is 9.89 Å². The van der Waals surface area contributed by atoms with Crippen molar-refractivity contribution in [2.45, 2.75) is 20.3 Å². The number of aromatic nitrogens is 2. The van der Waals surface area contributed by atoms with Gasteiger partial charge in [0.2, 0.25) is 5.95 Å². The lowest BCUT2D eigenvalue weighted by Gasteiger charge is -2.38. The van der Waals surface area contributed by atoms with E-state index < -0.39 is 0 Å². The number of guanidine groups is 1. The molecule has 0 amide bonds. The summed E-state index contributed by atoms with van der Waals surface area (Å²) in [4.78, 5) is 20.4. The van der Waals surface area contributed by atoms with Crippen LogP contribution in [0.1, 0.15) is 20.3 Å². The van der Waals surface area contributed by atoms with Crippen molar-refractivity contribution in [3.63, 3.8) is 0 Å². The van der Waals surface area contributed by atoms with Crippen molar-refractivity contribution < 1.29 is 0 Å². The summed E-state index contributed by atoms with van der Waals surface area (Å²) in [6.07, 6.45) is 4.95. The van der Waals surface area contributed by atoms with Crippen molar-refractivity contribution in [1.29, 1.82) is 0 Å². The topological polar surface area (TPSA) is 59.9 Å². The molecule has 2 aliphatic rings. The van der Waals surface area contributed by atoms with Crippen molar-refractivity contribution in [2.24, 2.45) is 16.8 Å². The minimum absolute atomic E-state index is 0.741. The molecule has 3 heterocycles. The summed E-state index contributed by atoms with van der Waals surface area (Å²) in [6.45, 7) is 13.0. The second-order valence-electron chi connectivity index (χ2n) is 7.70.